The third-order valence-electron chi connectivity index (χ3n) is 5.29. The molecule has 2 heterocycles. The molecule has 0 saturated carbocycles. The van der Waals surface area contributed by atoms with Gasteiger partial charge in [0, 0.05) is 0 Å². The summed E-state index contributed by atoms with van der Waals surface area (Å²) in [6.07, 6.45) is 0. The van der Waals surface area contributed by atoms with Gasteiger partial charge in [-0.25, -0.2) is 9.69 Å². The topological polar surface area (TPSA) is 101 Å². The van der Waals surface area contributed by atoms with Crippen molar-refractivity contribution in [3.8, 4) is 5.75 Å². The summed E-state index contributed by atoms with van der Waals surface area (Å²) < 4.78 is 5.23. The number of imide groups is 2. The predicted molar refractivity (Wildman–Crippen MR) is 111 cm³/mol. The number of hydrogen-bond donors (Lipinski definition) is 0. The highest BCUT2D eigenvalue weighted by atomic mass is 16.5. The third-order valence-corrected chi connectivity index (χ3v) is 5.29. The Morgan fingerprint density at radius 3 is 1.53 bits per heavy atom. The van der Waals surface area contributed by atoms with Crippen LogP contribution in [0.15, 0.2) is 72.8 Å². The van der Waals surface area contributed by atoms with Crippen LogP contribution in [0.25, 0.3) is 0 Å². The van der Waals surface area contributed by atoms with Crippen LogP contribution in [0.5, 0.6) is 5.75 Å². The minimum atomic E-state index is -0.798. The molecule has 8 heteroatoms. The molecule has 0 spiro atoms. The SMILES string of the molecule is O=C(CN1C(=O)c2ccccc2C1=O)Oc1ccc(N2C(=O)c3ccccc3C2=O)cc1. The van der Waals surface area contributed by atoms with E-state index in [-0.39, 0.29) is 16.9 Å². The largest absolute Gasteiger partial charge is 0.425 e. The summed E-state index contributed by atoms with van der Waals surface area (Å²) in [5.74, 6) is -2.62. The van der Waals surface area contributed by atoms with Gasteiger partial charge in [0.2, 0.25) is 0 Å². The predicted octanol–water partition coefficient (Wildman–Crippen LogP) is 2.69. The molecule has 0 fully saturated rings. The minimum absolute atomic E-state index is 0.145. The lowest BCUT2D eigenvalue weighted by Crippen LogP contribution is -2.36. The second kappa shape index (κ2) is 7.28. The molecule has 0 aromatic heterocycles. The van der Waals surface area contributed by atoms with Crippen molar-refractivity contribution in [2.24, 2.45) is 0 Å². The van der Waals surface area contributed by atoms with Crippen LogP contribution in [0.2, 0.25) is 0 Å². The Kier molecular flexibility index (Phi) is 4.41. The van der Waals surface area contributed by atoms with E-state index >= 15 is 0 Å². The lowest BCUT2D eigenvalue weighted by molar-refractivity contribution is -0.134. The molecule has 0 saturated heterocycles. The highest BCUT2D eigenvalue weighted by Crippen LogP contribution is 2.29. The summed E-state index contributed by atoms with van der Waals surface area (Å²) in [6.45, 7) is -0.535. The van der Waals surface area contributed by atoms with Crippen LogP contribution in [0, 0.1) is 0 Å². The molecule has 3 aromatic rings. The van der Waals surface area contributed by atoms with Gasteiger partial charge in [0.15, 0.2) is 0 Å². The van der Waals surface area contributed by atoms with Crippen molar-refractivity contribution in [1.82, 2.24) is 4.90 Å². The van der Waals surface area contributed by atoms with E-state index in [2.05, 4.69) is 0 Å². The van der Waals surface area contributed by atoms with E-state index in [0.717, 1.165) is 9.80 Å². The molecule has 8 nitrogen and oxygen atoms in total. The van der Waals surface area contributed by atoms with Crippen LogP contribution in [0.4, 0.5) is 5.69 Å². The summed E-state index contributed by atoms with van der Waals surface area (Å²) in [5.41, 5.74) is 1.48. The average Bonchev–Trinajstić information content (AvgIpc) is 3.20. The van der Waals surface area contributed by atoms with Crippen LogP contribution in [0.1, 0.15) is 41.4 Å². The highest BCUT2D eigenvalue weighted by molar-refractivity contribution is 6.34. The van der Waals surface area contributed by atoms with Crippen LogP contribution in [-0.2, 0) is 4.79 Å². The minimum Gasteiger partial charge on any atom is -0.425 e. The number of benzene rings is 3. The lowest BCUT2D eigenvalue weighted by Gasteiger charge is -2.15. The number of carbonyl (C=O) groups is 5. The number of rotatable bonds is 4. The van der Waals surface area contributed by atoms with Crippen molar-refractivity contribution in [2.75, 3.05) is 11.4 Å². The van der Waals surface area contributed by atoms with Crippen molar-refractivity contribution in [3.05, 3.63) is 95.1 Å². The fraction of sp³-hybridized carbons (Fsp3) is 0.0417. The molecule has 0 bridgehead atoms. The van der Waals surface area contributed by atoms with Gasteiger partial charge in [-0.3, -0.25) is 24.1 Å². The van der Waals surface area contributed by atoms with Crippen LogP contribution < -0.4 is 9.64 Å². The normalized spacial score (nSPS) is 14.6. The zero-order valence-electron chi connectivity index (χ0n) is 16.5. The van der Waals surface area contributed by atoms with Crippen molar-refractivity contribution >= 4 is 35.3 Å². The van der Waals surface area contributed by atoms with Gasteiger partial charge in [0.05, 0.1) is 27.9 Å². The number of esters is 1. The monoisotopic (exact) mass is 426 g/mol. The summed E-state index contributed by atoms with van der Waals surface area (Å²) in [5, 5.41) is 0. The number of anilines is 1. The van der Waals surface area contributed by atoms with Crippen molar-refractivity contribution < 1.29 is 28.7 Å². The smallest absolute Gasteiger partial charge is 0.331 e. The van der Waals surface area contributed by atoms with Crippen molar-refractivity contribution in [3.63, 3.8) is 0 Å². The van der Waals surface area contributed by atoms with Crippen molar-refractivity contribution in [2.45, 2.75) is 0 Å². The zero-order chi connectivity index (χ0) is 22.4. The summed E-state index contributed by atoms with van der Waals surface area (Å²) in [6, 6.07) is 18.7. The first-order valence-electron chi connectivity index (χ1n) is 9.69. The van der Waals surface area contributed by atoms with E-state index in [1.54, 1.807) is 36.4 Å². The van der Waals surface area contributed by atoms with Gasteiger partial charge in [0.1, 0.15) is 12.3 Å². The standard InChI is InChI=1S/C24H14N2O6/c27-20(13-25-21(28)16-5-1-2-6-17(16)22(25)29)32-15-11-9-14(10-12-15)26-23(30)18-7-3-4-8-19(18)24(26)31/h1-12H,13H2. The van der Waals surface area contributed by atoms with E-state index in [0.29, 0.717) is 16.8 Å². The second-order valence-corrected chi connectivity index (χ2v) is 7.20. The molecule has 3 aromatic carbocycles. The fourth-order valence-corrected chi connectivity index (χ4v) is 3.76. The second-order valence-electron chi connectivity index (χ2n) is 7.20. The van der Waals surface area contributed by atoms with Crippen LogP contribution in [-0.4, -0.2) is 41.0 Å². The molecule has 2 aliphatic rings. The van der Waals surface area contributed by atoms with E-state index in [1.165, 1.54) is 36.4 Å². The molecule has 0 unspecified atom stereocenters. The van der Waals surface area contributed by atoms with Crippen LogP contribution >= 0.6 is 0 Å². The number of fused-ring (bicyclic) bond motifs is 2. The Bertz CT molecular complexity index is 1260. The highest BCUT2D eigenvalue weighted by Gasteiger charge is 2.37. The molecule has 5 rings (SSSR count). The Labute approximate surface area is 181 Å². The third kappa shape index (κ3) is 2.97. The number of amides is 4. The van der Waals surface area contributed by atoms with E-state index in [9.17, 15) is 24.0 Å². The number of ether oxygens (including phenoxy) is 1. The summed E-state index contributed by atoms with van der Waals surface area (Å²) in [7, 11) is 0. The zero-order valence-corrected chi connectivity index (χ0v) is 16.5. The van der Waals surface area contributed by atoms with Gasteiger partial charge in [-0.05, 0) is 48.5 Å². The molecule has 32 heavy (non-hydrogen) atoms. The average molecular weight is 426 g/mol. The molecule has 0 atom stereocenters. The first kappa shape index (κ1) is 19.4. The quantitative estimate of drug-likeness (QED) is 0.361. The Hall–Kier alpha value is -4.59. The van der Waals surface area contributed by atoms with E-state index in [1.807, 2.05) is 0 Å². The molecule has 0 aliphatic carbocycles. The van der Waals surface area contributed by atoms with Gasteiger partial charge in [-0.2, -0.15) is 0 Å². The molecule has 2 aliphatic heterocycles. The molecule has 0 radical (unpaired) electrons. The van der Waals surface area contributed by atoms with Crippen LogP contribution in [0.3, 0.4) is 0 Å². The van der Waals surface area contributed by atoms with Gasteiger partial charge in [0.25, 0.3) is 23.6 Å². The van der Waals surface area contributed by atoms with E-state index in [4.69, 9.17) is 4.74 Å². The fourth-order valence-electron chi connectivity index (χ4n) is 3.76. The number of nitrogens with zero attached hydrogens (tertiary/aromatic N) is 2. The maximum atomic E-state index is 12.6. The maximum Gasteiger partial charge on any atom is 0.331 e. The lowest BCUT2D eigenvalue weighted by atomic mass is 10.1. The van der Waals surface area contributed by atoms with Gasteiger partial charge in [-0.15, -0.1) is 0 Å². The molecular weight excluding hydrogens is 412 g/mol. The van der Waals surface area contributed by atoms with Crippen molar-refractivity contribution in [1.29, 1.82) is 0 Å². The molecular formula is C24H14N2O6. The Morgan fingerprint density at radius 2 is 1.06 bits per heavy atom. The van der Waals surface area contributed by atoms with Gasteiger partial charge < -0.3 is 4.74 Å². The Morgan fingerprint density at radius 1 is 0.625 bits per heavy atom. The van der Waals surface area contributed by atoms with E-state index < -0.39 is 36.1 Å². The summed E-state index contributed by atoms with van der Waals surface area (Å²) in [4.78, 5) is 64.1. The molecule has 156 valence electrons. The Balaban J connectivity index is 1.28. The maximum absolute atomic E-state index is 12.6. The molecule has 4 amide bonds. The van der Waals surface area contributed by atoms with Gasteiger partial charge in [-0.1, -0.05) is 24.3 Å². The number of hydrogen-bond acceptors (Lipinski definition) is 6. The first-order valence-corrected chi connectivity index (χ1v) is 9.69. The molecule has 0 N–H and O–H groups in total. The van der Waals surface area contributed by atoms with Gasteiger partial charge >= 0.3 is 5.97 Å². The number of carbonyl (C=O) groups excluding carboxylic acids is 5. The summed E-state index contributed by atoms with van der Waals surface area (Å²) >= 11 is 0. The first-order chi connectivity index (χ1) is 15.5.